The highest BCUT2D eigenvalue weighted by Crippen LogP contribution is 2.46. The summed E-state index contributed by atoms with van der Waals surface area (Å²) in [5, 5.41) is 24.8. The number of amides is 8. The van der Waals surface area contributed by atoms with E-state index in [2.05, 4.69) is 10.6 Å². The van der Waals surface area contributed by atoms with Crippen LogP contribution in [0.5, 0.6) is 0 Å². The molecule has 4 aliphatic rings. The van der Waals surface area contributed by atoms with Crippen LogP contribution in [0.15, 0.2) is 120 Å². The van der Waals surface area contributed by atoms with Gasteiger partial charge >= 0.3 is 24.4 Å². The Morgan fingerprint density at radius 3 is 1.27 bits per heavy atom. The summed E-state index contributed by atoms with van der Waals surface area (Å²) in [6.45, 7) is 0.285. The molecular formula is C58H62F6IN13O6. The smallest absolute Gasteiger partial charge is 0.416 e. The van der Waals surface area contributed by atoms with Crippen molar-refractivity contribution in [2.45, 2.75) is 24.4 Å². The Morgan fingerprint density at radius 1 is 0.595 bits per heavy atom. The van der Waals surface area contributed by atoms with E-state index in [0.717, 1.165) is 56.0 Å². The van der Waals surface area contributed by atoms with Crippen molar-refractivity contribution in [2.75, 3.05) is 131 Å². The molecule has 0 saturated carbocycles. The number of urea groups is 2. The van der Waals surface area contributed by atoms with E-state index in [0.29, 0.717) is 24.2 Å². The van der Waals surface area contributed by atoms with E-state index in [1.54, 1.807) is 52.5 Å². The fourth-order valence-corrected chi connectivity index (χ4v) is 10.4. The minimum Gasteiger partial charge on any atom is -1.00 e. The summed E-state index contributed by atoms with van der Waals surface area (Å²) in [7, 11) is 10.9. The zero-order valence-electron chi connectivity index (χ0n) is 46.9. The lowest BCUT2D eigenvalue weighted by atomic mass is 9.92. The van der Waals surface area contributed by atoms with Crippen LogP contribution in [0.4, 0.5) is 47.3 Å². The van der Waals surface area contributed by atoms with Crippen LogP contribution in [0.25, 0.3) is 0 Å². The number of nitriles is 2. The van der Waals surface area contributed by atoms with Crippen molar-refractivity contribution in [3.63, 3.8) is 0 Å². The number of hydrogen-bond acceptors (Lipinski definition) is 10. The third-order valence-corrected chi connectivity index (χ3v) is 14.8. The number of quaternary nitrogens is 1. The van der Waals surface area contributed by atoms with Gasteiger partial charge in [-0.1, -0.05) is 36.4 Å². The normalized spacial score (nSPS) is 17.5. The molecule has 0 aromatic heterocycles. The second-order valence-corrected chi connectivity index (χ2v) is 21.7. The molecule has 4 aliphatic heterocycles. The second-order valence-electron chi connectivity index (χ2n) is 21.7. The Labute approximate surface area is 499 Å². The summed E-state index contributed by atoms with van der Waals surface area (Å²) in [5.74, 6) is -2.31. The quantitative estimate of drug-likeness (QED) is 0.0754. The molecule has 4 heterocycles. The standard InChI is InChI=1S/C58H61F6N13O6.HI/c1-69(2)23-25-71-33-45-49(53(71)80)51(39-17-13-37(31-65)14-18-39)73(55(82)75(45)43-11-7-9-41(29-43)57(59,60)61)35-47(78)67-21-27-77(5,6)28-22-68-48(79)36-74-52(40-19-15-38(32-66)16-20-40)50-46(34-72(54(50)81)26-24-70(3)4)76(56(74)83)44-12-8-10-42(30-44)58(62,63)64;/h7-20,29-30,51-52H,21-28,33-36H2,1-6H3,(H-,67,68,78,79);1H/t51-,52-;/m1./s1. The molecule has 2 atom stereocenters. The minimum atomic E-state index is -4.78. The molecule has 8 rings (SSSR count). The zero-order valence-corrected chi connectivity index (χ0v) is 49.0. The Morgan fingerprint density at radius 2 is 0.952 bits per heavy atom. The van der Waals surface area contributed by atoms with Gasteiger partial charge in [0.15, 0.2) is 0 Å². The first-order valence-electron chi connectivity index (χ1n) is 26.5. The number of nitrogens with zero attached hydrogens (tertiary/aromatic N) is 11. The van der Waals surface area contributed by atoms with Gasteiger partial charge in [-0.3, -0.25) is 29.0 Å². The Kier molecular flexibility index (Phi) is 19.5. The van der Waals surface area contributed by atoms with Crippen molar-refractivity contribution in [3.05, 3.63) is 153 Å². The molecule has 0 bridgehead atoms. The van der Waals surface area contributed by atoms with Crippen molar-refractivity contribution < 1.29 is 83.6 Å². The van der Waals surface area contributed by atoms with Crippen LogP contribution in [-0.4, -0.2) is 190 Å². The predicted octanol–water partition coefficient (Wildman–Crippen LogP) is 2.76. The summed E-state index contributed by atoms with van der Waals surface area (Å²) in [6.07, 6.45) is -9.55. The third kappa shape index (κ3) is 14.0. The number of likely N-dealkylation sites (N-methyl/N-ethyl adjacent to an activating group) is 3. The van der Waals surface area contributed by atoms with Crippen molar-refractivity contribution in [2.24, 2.45) is 0 Å². The number of benzene rings is 4. The highest BCUT2D eigenvalue weighted by atomic mass is 127. The summed E-state index contributed by atoms with van der Waals surface area (Å²) in [4.78, 5) is 97.9. The molecule has 0 fully saturated rings. The summed E-state index contributed by atoms with van der Waals surface area (Å²) >= 11 is 0. The van der Waals surface area contributed by atoms with Gasteiger partial charge in [0.2, 0.25) is 11.8 Å². The Balaban J connectivity index is 0.0000101. The first-order valence-corrected chi connectivity index (χ1v) is 26.5. The van der Waals surface area contributed by atoms with E-state index < -0.39 is 84.3 Å². The van der Waals surface area contributed by atoms with E-state index in [1.165, 1.54) is 46.2 Å². The predicted molar refractivity (Wildman–Crippen MR) is 292 cm³/mol. The topological polar surface area (TPSA) is 200 Å². The largest absolute Gasteiger partial charge is 1.00 e. The lowest BCUT2D eigenvalue weighted by Gasteiger charge is -2.41. The summed E-state index contributed by atoms with van der Waals surface area (Å²) in [6, 6.07) is 20.4. The van der Waals surface area contributed by atoms with E-state index in [9.17, 15) is 65.6 Å². The molecule has 444 valence electrons. The van der Waals surface area contributed by atoms with Crippen LogP contribution < -0.4 is 44.4 Å². The van der Waals surface area contributed by atoms with E-state index in [4.69, 9.17) is 0 Å². The lowest BCUT2D eigenvalue weighted by molar-refractivity contribution is -0.887. The Hall–Kier alpha value is -8.05. The van der Waals surface area contributed by atoms with Crippen molar-refractivity contribution in [1.82, 2.24) is 40.0 Å². The number of anilines is 2. The highest BCUT2D eigenvalue weighted by Gasteiger charge is 2.51. The summed E-state index contributed by atoms with van der Waals surface area (Å²) in [5.41, 5.74) is -0.630. The molecule has 8 amide bonds. The van der Waals surface area contributed by atoms with Crippen molar-refractivity contribution >= 4 is 47.1 Å². The van der Waals surface area contributed by atoms with E-state index in [-0.39, 0.29) is 126 Å². The number of carbonyl (C=O) groups is 6. The molecule has 2 N–H and O–H groups in total. The highest BCUT2D eigenvalue weighted by molar-refractivity contribution is 6.09. The average molecular weight is 1280 g/mol. The van der Waals surface area contributed by atoms with Crippen LogP contribution in [0.1, 0.15) is 45.5 Å². The van der Waals surface area contributed by atoms with Gasteiger partial charge in [0.25, 0.3) is 11.8 Å². The fraction of sp³-hybridized carbons (Fsp3) is 0.379. The second kappa shape index (κ2) is 25.8. The molecule has 4 aromatic carbocycles. The van der Waals surface area contributed by atoms with Gasteiger partial charge in [-0.2, -0.15) is 36.9 Å². The summed E-state index contributed by atoms with van der Waals surface area (Å²) < 4.78 is 84.9. The van der Waals surface area contributed by atoms with Crippen LogP contribution in [-0.2, 0) is 31.5 Å². The van der Waals surface area contributed by atoms with E-state index in [1.807, 2.05) is 36.0 Å². The maximum Gasteiger partial charge on any atom is 0.416 e. The minimum absolute atomic E-state index is 0. The van der Waals surface area contributed by atoms with Gasteiger partial charge in [-0.15, -0.1) is 0 Å². The van der Waals surface area contributed by atoms with Gasteiger partial charge in [0.1, 0.15) is 13.1 Å². The fourth-order valence-electron chi connectivity index (χ4n) is 10.4. The molecule has 19 nitrogen and oxygen atoms in total. The van der Waals surface area contributed by atoms with E-state index >= 15 is 0 Å². The van der Waals surface area contributed by atoms with Crippen LogP contribution in [0.2, 0.25) is 0 Å². The average Bonchev–Trinajstić information content (AvgIpc) is 1.58. The van der Waals surface area contributed by atoms with Crippen LogP contribution in [0.3, 0.4) is 0 Å². The number of alkyl halides is 6. The van der Waals surface area contributed by atoms with Gasteiger partial charge < -0.3 is 68.5 Å². The molecule has 0 radical (unpaired) electrons. The van der Waals surface area contributed by atoms with Crippen LogP contribution >= 0.6 is 0 Å². The molecule has 0 spiro atoms. The molecule has 0 aliphatic carbocycles. The number of hydrogen-bond donors (Lipinski definition) is 2. The number of halogens is 7. The van der Waals surface area contributed by atoms with Gasteiger partial charge in [0, 0.05) is 26.2 Å². The Bertz CT molecular complexity index is 3120. The number of carbonyl (C=O) groups excluding carboxylic acids is 6. The number of nitrogens with one attached hydrogen (secondary N) is 2. The number of rotatable bonds is 20. The molecule has 0 unspecified atom stereocenters. The maximum atomic E-state index is 14.9. The zero-order chi connectivity index (χ0) is 60.3. The maximum absolute atomic E-state index is 14.9. The first-order chi connectivity index (χ1) is 39.2. The lowest BCUT2D eigenvalue weighted by Crippen LogP contribution is -3.00. The van der Waals surface area contributed by atoms with Crippen LogP contribution in [0, 0.1) is 22.7 Å². The van der Waals surface area contributed by atoms with Crippen molar-refractivity contribution in [1.29, 1.82) is 10.5 Å². The SMILES string of the molecule is CN(C)CCN1CC2=C(C1=O)[C@@H](c1ccc(C#N)cc1)N(CC(=O)NCC[N+](C)(C)CCNC(=O)CN1C(=O)N(c3cccc(C(F)(F)F)c3)C3=C(C(=O)N(CCN(C)C)C3)[C@H]1c1ccc(C#N)cc1)C(=O)N2c1cccc(C(F)(F)F)c1.[I-]. The third-order valence-electron chi connectivity index (χ3n) is 14.8. The van der Waals surface area contributed by atoms with Gasteiger partial charge in [-0.25, -0.2) is 9.59 Å². The van der Waals surface area contributed by atoms with Gasteiger partial charge in [-0.05, 0) is 100.0 Å². The van der Waals surface area contributed by atoms with Gasteiger partial charge in [0.05, 0.1) is 134 Å². The molecule has 0 saturated heterocycles. The molecular weight excluding hydrogens is 1220 g/mol. The van der Waals surface area contributed by atoms with Crippen molar-refractivity contribution in [3.8, 4) is 12.1 Å². The monoisotopic (exact) mass is 1280 g/mol. The molecule has 26 heteroatoms. The molecule has 4 aromatic rings. The first kappa shape index (κ1) is 63.5. The molecule has 84 heavy (non-hydrogen) atoms.